The number of nitrogens with zero attached hydrogens (tertiary/aromatic N) is 2. The second kappa shape index (κ2) is 11.0. The molecule has 0 fully saturated rings. The van der Waals surface area contributed by atoms with Gasteiger partial charge in [-0.3, -0.25) is 4.79 Å². The lowest BCUT2D eigenvalue weighted by Gasteiger charge is -2.20. The zero-order valence-corrected chi connectivity index (χ0v) is 18.1. The smallest absolute Gasteiger partial charge is 0.326 e. The minimum atomic E-state index is -1.01. The van der Waals surface area contributed by atoms with Crippen LogP contribution in [0.4, 0.5) is 0 Å². The summed E-state index contributed by atoms with van der Waals surface area (Å²) in [5.74, 6) is -0.572. The summed E-state index contributed by atoms with van der Waals surface area (Å²) >= 11 is 6.33. The highest BCUT2D eigenvalue weighted by Crippen LogP contribution is 2.19. The van der Waals surface area contributed by atoms with E-state index in [2.05, 4.69) is 17.2 Å². The number of carboxylic acid groups (broad SMARTS) is 1. The van der Waals surface area contributed by atoms with Crippen molar-refractivity contribution in [3.05, 3.63) is 52.6 Å². The largest absolute Gasteiger partial charge is 0.480 e. The normalized spacial score (nSPS) is 13.1. The van der Waals surface area contributed by atoms with Crippen LogP contribution in [0.2, 0.25) is 5.02 Å². The minimum absolute atomic E-state index is 0.0732. The predicted octanol–water partition coefficient (Wildman–Crippen LogP) is 4.09. The monoisotopic (exact) mass is 419 g/mol. The molecule has 0 spiro atoms. The topological polar surface area (TPSA) is 84.2 Å². The molecule has 2 aromatic rings. The van der Waals surface area contributed by atoms with E-state index in [-0.39, 0.29) is 18.2 Å². The molecule has 2 N–H and O–H groups in total. The van der Waals surface area contributed by atoms with Gasteiger partial charge in [0.15, 0.2) is 0 Å². The number of carbonyl (C=O) groups excluding carboxylic acids is 1. The Labute approximate surface area is 177 Å². The average molecular weight is 420 g/mol. The standard InChI is InChI=1S/C22H30ClN3O3/c1-4-6-11-19-24-13-17(26(19)14-16-9-7-8-10-18(16)23)12-20(27)25-21(22(28)29)15(3)5-2/h7-10,13,15,21H,4-6,11-12,14H2,1-3H3,(H,25,27)(H,28,29)/t15-,21-/m0/s1. The molecule has 0 aliphatic heterocycles. The third-order valence-electron chi connectivity index (χ3n) is 5.20. The van der Waals surface area contributed by atoms with Crippen molar-refractivity contribution in [2.24, 2.45) is 5.92 Å². The molecule has 1 aromatic carbocycles. The molecule has 2 rings (SSSR count). The lowest BCUT2D eigenvalue weighted by Crippen LogP contribution is -2.45. The SMILES string of the molecule is CCCCc1ncc(CC(=O)N[C@H](C(=O)O)[C@@H](C)CC)n1Cc1ccccc1Cl. The molecule has 0 unspecified atom stereocenters. The Balaban J connectivity index is 2.23. The highest BCUT2D eigenvalue weighted by Gasteiger charge is 2.26. The second-order valence-corrected chi connectivity index (χ2v) is 7.80. The van der Waals surface area contributed by atoms with Gasteiger partial charge < -0.3 is 15.0 Å². The van der Waals surface area contributed by atoms with Crippen molar-refractivity contribution in [3.63, 3.8) is 0 Å². The molecule has 0 saturated carbocycles. The Hall–Kier alpha value is -2.34. The van der Waals surface area contributed by atoms with Gasteiger partial charge in [-0.25, -0.2) is 9.78 Å². The van der Waals surface area contributed by atoms with Crippen LogP contribution in [0.3, 0.4) is 0 Å². The number of carboxylic acids is 1. The van der Waals surface area contributed by atoms with E-state index in [0.717, 1.165) is 36.3 Å². The van der Waals surface area contributed by atoms with E-state index in [1.165, 1.54) is 0 Å². The van der Waals surface area contributed by atoms with E-state index in [1.807, 2.05) is 42.7 Å². The number of aliphatic carboxylic acids is 1. The van der Waals surface area contributed by atoms with Crippen LogP contribution in [-0.2, 0) is 29.0 Å². The predicted molar refractivity (Wildman–Crippen MR) is 114 cm³/mol. The zero-order valence-electron chi connectivity index (χ0n) is 17.3. The van der Waals surface area contributed by atoms with Crippen molar-refractivity contribution >= 4 is 23.5 Å². The maximum absolute atomic E-state index is 12.6. The number of hydrogen-bond donors (Lipinski definition) is 2. The van der Waals surface area contributed by atoms with Crippen LogP contribution in [0.25, 0.3) is 0 Å². The minimum Gasteiger partial charge on any atom is -0.480 e. The number of rotatable bonds is 11. The number of carbonyl (C=O) groups is 2. The van der Waals surface area contributed by atoms with Crippen LogP contribution in [-0.4, -0.2) is 32.6 Å². The first-order valence-electron chi connectivity index (χ1n) is 10.2. The maximum Gasteiger partial charge on any atom is 0.326 e. The van der Waals surface area contributed by atoms with Gasteiger partial charge in [0.1, 0.15) is 11.9 Å². The van der Waals surface area contributed by atoms with Gasteiger partial charge in [-0.15, -0.1) is 0 Å². The van der Waals surface area contributed by atoms with Crippen molar-refractivity contribution in [2.75, 3.05) is 0 Å². The summed E-state index contributed by atoms with van der Waals surface area (Å²) in [5.41, 5.74) is 1.71. The third-order valence-corrected chi connectivity index (χ3v) is 5.57. The molecule has 7 heteroatoms. The fourth-order valence-corrected chi connectivity index (χ4v) is 3.39. The summed E-state index contributed by atoms with van der Waals surface area (Å²) in [7, 11) is 0. The van der Waals surface area contributed by atoms with Crippen LogP contribution >= 0.6 is 11.6 Å². The fraction of sp³-hybridized carbons (Fsp3) is 0.500. The van der Waals surface area contributed by atoms with Gasteiger partial charge in [-0.05, 0) is 24.0 Å². The summed E-state index contributed by atoms with van der Waals surface area (Å²) in [6, 6.07) is 6.72. The molecular formula is C22H30ClN3O3. The molecule has 158 valence electrons. The van der Waals surface area contributed by atoms with E-state index in [9.17, 15) is 14.7 Å². The Morgan fingerprint density at radius 2 is 2.00 bits per heavy atom. The number of halogens is 1. The Kier molecular flexibility index (Phi) is 8.70. The first-order valence-corrected chi connectivity index (χ1v) is 10.5. The van der Waals surface area contributed by atoms with Crippen molar-refractivity contribution in [3.8, 4) is 0 Å². The van der Waals surface area contributed by atoms with Gasteiger partial charge in [0, 0.05) is 23.3 Å². The molecule has 0 radical (unpaired) electrons. The number of unbranched alkanes of at least 4 members (excludes halogenated alkanes) is 1. The number of benzene rings is 1. The average Bonchev–Trinajstić information content (AvgIpc) is 3.06. The van der Waals surface area contributed by atoms with Crippen LogP contribution < -0.4 is 5.32 Å². The molecule has 0 aliphatic carbocycles. The fourth-order valence-electron chi connectivity index (χ4n) is 3.19. The first-order chi connectivity index (χ1) is 13.9. The van der Waals surface area contributed by atoms with Crippen molar-refractivity contribution in [2.45, 2.75) is 65.5 Å². The van der Waals surface area contributed by atoms with Crippen LogP contribution in [0.5, 0.6) is 0 Å². The van der Waals surface area contributed by atoms with E-state index >= 15 is 0 Å². The van der Waals surface area contributed by atoms with Gasteiger partial charge in [-0.2, -0.15) is 0 Å². The second-order valence-electron chi connectivity index (χ2n) is 7.39. The number of imidazole rings is 1. The summed E-state index contributed by atoms with van der Waals surface area (Å²) in [4.78, 5) is 28.6. The summed E-state index contributed by atoms with van der Waals surface area (Å²) in [5, 5.41) is 12.8. The molecule has 29 heavy (non-hydrogen) atoms. The van der Waals surface area contributed by atoms with Crippen molar-refractivity contribution < 1.29 is 14.7 Å². The van der Waals surface area contributed by atoms with Gasteiger partial charge in [-0.1, -0.05) is 63.4 Å². The summed E-state index contributed by atoms with van der Waals surface area (Å²) < 4.78 is 2.02. The van der Waals surface area contributed by atoms with Crippen LogP contribution in [0, 0.1) is 5.92 Å². The third kappa shape index (κ3) is 6.32. The van der Waals surface area contributed by atoms with E-state index in [4.69, 9.17) is 11.6 Å². The summed E-state index contributed by atoms with van der Waals surface area (Å²) in [6.07, 6.45) is 5.31. The summed E-state index contributed by atoms with van der Waals surface area (Å²) in [6.45, 7) is 6.38. The Morgan fingerprint density at radius 3 is 2.62 bits per heavy atom. The van der Waals surface area contributed by atoms with E-state index in [0.29, 0.717) is 18.0 Å². The van der Waals surface area contributed by atoms with Gasteiger partial charge in [0.2, 0.25) is 5.91 Å². The molecule has 1 heterocycles. The molecular weight excluding hydrogens is 390 g/mol. The van der Waals surface area contributed by atoms with E-state index < -0.39 is 12.0 Å². The molecule has 1 amide bonds. The number of aryl methyl sites for hydroxylation is 1. The van der Waals surface area contributed by atoms with E-state index in [1.54, 1.807) is 6.20 Å². The maximum atomic E-state index is 12.6. The highest BCUT2D eigenvalue weighted by atomic mass is 35.5. The quantitative estimate of drug-likeness (QED) is 0.574. The molecule has 0 bridgehead atoms. The Bertz CT molecular complexity index is 834. The van der Waals surface area contributed by atoms with Gasteiger partial charge in [0.05, 0.1) is 13.0 Å². The number of aromatic nitrogens is 2. The van der Waals surface area contributed by atoms with Crippen molar-refractivity contribution in [1.82, 2.24) is 14.9 Å². The number of hydrogen-bond acceptors (Lipinski definition) is 3. The Morgan fingerprint density at radius 1 is 1.28 bits per heavy atom. The zero-order chi connectivity index (χ0) is 21.4. The van der Waals surface area contributed by atoms with Crippen LogP contribution in [0.1, 0.15) is 57.1 Å². The first kappa shape index (κ1) is 22.9. The molecule has 2 atom stereocenters. The lowest BCUT2D eigenvalue weighted by atomic mass is 9.99. The lowest BCUT2D eigenvalue weighted by molar-refractivity contribution is -0.143. The molecule has 0 aliphatic rings. The van der Waals surface area contributed by atoms with Crippen LogP contribution in [0.15, 0.2) is 30.5 Å². The van der Waals surface area contributed by atoms with Gasteiger partial charge in [0.25, 0.3) is 0 Å². The van der Waals surface area contributed by atoms with Crippen molar-refractivity contribution in [1.29, 1.82) is 0 Å². The number of nitrogens with one attached hydrogen (secondary N) is 1. The number of amides is 1. The van der Waals surface area contributed by atoms with Gasteiger partial charge >= 0.3 is 5.97 Å². The molecule has 6 nitrogen and oxygen atoms in total. The highest BCUT2D eigenvalue weighted by molar-refractivity contribution is 6.31. The molecule has 0 saturated heterocycles. The molecule has 1 aromatic heterocycles.